The molecule has 3 saturated carbocycles. The molecule has 0 amide bonds. The van der Waals surface area contributed by atoms with E-state index in [9.17, 15) is 19.8 Å². The van der Waals surface area contributed by atoms with Crippen LogP contribution in [0, 0.1) is 28.6 Å². The fourth-order valence-electron chi connectivity index (χ4n) is 8.52. The lowest BCUT2D eigenvalue weighted by Gasteiger charge is -2.59. The molecule has 9 nitrogen and oxygen atoms in total. The minimum atomic E-state index is -1.64. The van der Waals surface area contributed by atoms with E-state index < -0.39 is 28.3 Å². The van der Waals surface area contributed by atoms with Crippen LogP contribution in [0.5, 0.6) is 17.4 Å². The zero-order valence-corrected chi connectivity index (χ0v) is 23.3. The molecule has 3 fully saturated rings. The zero-order valence-electron chi connectivity index (χ0n) is 23.3. The Kier molecular flexibility index (Phi) is 6.31. The number of methoxy groups -OCH3 is 2. The summed E-state index contributed by atoms with van der Waals surface area (Å²) in [6, 6.07) is 3.41. The van der Waals surface area contributed by atoms with E-state index in [1.165, 1.54) is 20.5 Å². The van der Waals surface area contributed by atoms with Crippen LogP contribution in [0.4, 0.5) is 0 Å². The molecule has 5 unspecified atom stereocenters. The van der Waals surface area contributed by atoms with Crippen molar-refractivity contribution in [2.24, 2.45) is 28.6 Å². The van der Waals surface area contributed by atoms with Crippen LogP contribution in [0.25, 0.3) is 10.9 Å². The number of allylic oxidation sites excluding steroid dienone is 4. The van der Waals surface area contributed by atoms with E-state index >= 15 is 0 Å². The predicted octanol–water partition coefficient (Wildman–Crippen LogP) is 3.60. The molecule has 0 spiro atoms. The minimum absolute atomic E-state index is 0.00375. The molecule has 2 N–H and O–H groups in total. The third kappa shape index (κ3) is 3.74. The first-order valence-electron chi connectivity index (χ1n) is 13.9. The topological polar surface area (TPSA) is 128 Å². The molecular weight excluding hydrogens is 512 g/mol. The van der Waals surface area contributed by atoms with Gasteiger partial charge in [-0.3, -0.25) is 9.59 Å². The number of carbonyl (C=O) groups excluding carboxylic acids is 2. The molecule has 6 rings (SSSR count). The molecular formula is C31H36N2O7. The molecule has 40 heavy (non-hydrogen) atoms. The summed E-state index contributed by atoms with van der Waals surface area (Å²) in [5.74, 6) is 0.914. The van der Waals surface area contributed by atoms with Gasteiger partial charge < -0.3 is 24.4 Å². The molecule has 4 aliphatic carbocycles. The molecule has 1 heterocycles. The molecule has 0 bridgehead atoms. The molecule has 1 aromatic carbocycles. The summed E-state index contributed by atoms with van der Waals surface area (Å²) in [4.78, 5) is 34.3. The van der Waals surface area contributed by atoms with Crippen LogP contribution >= 0.6 is 0 Å². The highest BCUT2D eigenvalue weighted by Gasteiger charge is 2.68. The number of hydrogen-bond donors (Lipinski definition) is 2. The van der Waals surface area contributed by atoms with Crippen molar-refractivity contribution < 1.29 is 34.0 Å². The summed E-state index contributed by atoms with van der Waals surface area (Å²) in [5.41, 5.74) is -1.19. The van der Waals surface area contributed by atoms with Gasteiger partial charge in [-0.1, -0.05) is 25.5 Å². The highest BCUT2D eigenvalue weighted by atomic mass is 16.5. The minimum Gasteiger partial charge on any atom is -0.493 e. The van der Waals surface area contributed by atoms with Crippen LogP contribution in [0.3, 0.4) is 0 Å². The van der Waals surface area contributed by atoms with Crippen molar-refractivity contribution in [3.63, 3.8) is 0 Å². The fraction of sp³-hybridized carbons (Fsp3) is 0.548. The van der Waals surface area contributed by atoms with Gasteiger partial charge >= 0.3 is 0 Å². The van der Waals surface area contributed by atoms with Crippen LogP contribution in [-0.2, 0) is 9.59 Å². The van der Waals surface area contributed by atoms with Gasteiger partial charge in [0.05, 0.1) is 31.2 Å². The van der Waals surface area contributed by atoms with Crippen LogP contribution in [0.15, 0.2) is 42.3 Å². The predicted molar refractivity (Wildman–Crippen MR) is 146 cm³/mol. The maximum atomic E-state index is 13.8. The first-order valence-corrected chi connectivity index (χ1v) is 13.9. The van der Waals surface area contributed by atoms with E-state index in [2.05, 4.69) is 16.9 Å². The van der Waals surface area contributed by atoms with Crippen LogP contribution in [0.1, 0.15) is 46.0 Å². The fourth-order valence-corrected chi connectivity index (χ4v) is 8.52. The first kappa shape index (κ1) is 26.9. The van der Waals surface area contributed by atoms with Crippen LogP contribution in [0.2, 0.25) is 0 Å². The molecule has 0 saturated heterocycles. The molecule has 0 aliphatic heterocycles. The van der Waals surface area contributed by atoms with E-state index in [0.717, 1.165) is 18.4 Å². The largest absolute Gasteiger partial charge is 0.493 e. The molecule has 4 aliphatic rings. The number of aliphatic hydroxyl groups is 2. The van der Waals surface area contributed by atoms with Gasteiger partial charge in [-0.15, -0.1) is 0 Å². The third-order valence-corrected chi connectivity index (χ3v) is 10.6. The second-order valence-electron chi connectivity index (χ2n) is 12.2. The second kappa shape index (κ2) is 9.38. The molecule has 7 atom stereocenters. The Morgan fingerprint density at radius 2 is 1.88 bits per heavy atom. The summed E-state index contributed by atoms with van der Waals surface area (Å²) in [5, 5.41) is 24.2. The Bertz CT molecular complexity index is 1450. The van der Waals surface area contributed by atoms with Crippen molar-refractivity contribution in [1.29, 1.82) is 0 Å². The summed E-state index contributed by atoms with van der Waals surface area (Å²) in [6.07, 6.45) is 8.85. The number of fused-ring (bicyclic) bond motifs is 6. The average molecular weight is 549 g/mol. The monoisotopic (exact) mass is 548 g/mol. The van der Waals surface area contributed by atoms with Gasteiger partial charge in [-0.25, -0.2) is 9.97 Å². The van der Waals surface area contributed by atoms with Crippen LogP contribution in [-0.4, -0.2) is 64.3 Å². The summed E-state index contributed by atoms with van der Waals surface area (Å²) < 4.78 is 16.7. The van der Waals surface area contributed by atoms with E-state index in [1.807, 2.05) is 13.0 Å². The number of hydrogen-bond acceptors (Lipinski definition) is 9. The molecule has 1 aromatic heterocycles. The number of ketones is 2. The number of rotatable bonds is 6. The smallest absolute Gasteiger partial charge is 0.225 e. The normalized spacial score (nSPS) is 36.4. The van der Waals surface area contributed by atoms with Crippen molar-refractivity contribution >= 4 is 22.5 Å². The lowest BCUT2D eigenvalue weighted by Crippen LogP contribution is -2.61. The Morgan fingerprint density at radius 3 is 2.62 bits per heavy atom. The highest BCUT2D eigenvalue weighted by Crippen LogP contribution is 2.67. The lowest BCUT2D eigenvalue weighted by atomic mass is 9.46. The standard InChI is InChI=1S/C31H36N2O7/c1-29-9-7-18(34)11-17(29)5-6-19-21-8-10-31(37,30(21,2)14-23(35)27(19)29)26(36)15-40-28-20-12-24(38-3)25(39-4)13-22(20)32-16-33-28/h7,9,11-13,16,19,21,23,27,35,37H,5-6,8,10,14-15H2,1-4H3/t19?,21?,23-,27?,29?,30?,31-/m0/s1. The Morgan fingerprint density at radius 1 is 1.12 bits per heavy atom. The molecule has 0 radical (unpaired) electrons. The number of aliphatic hydroxyl groups excluding tert-OH is 1. The zero-order chi connectivity index (χ0) is 28.4. The van der Waals surface area contributed by atoms with Crippen LogP contribution < -0.4 is 14.2 Å². The number of Topliss-reactive ketones (excluding diaryl/α,β-unsaturated/α-hetero) is 1. The van der Waals surface area contributed by atoms with E-state index in [0.29, 0.717) is 41.7 Å². The lowest BCUT2D eigenvalue weighted by molar-refractivity contribution is -0.178. The van der Waals surface area contributed by atoms with Crippen molar-refractivity contribution in [1.82, 2.24) is 9.97 Å². The van der Waals surface area contributed by atoms with E-state index in [-0.39, 0.29) is 36.0 Å². The molecule has 212 valence electrons. The Labute approximate surface area is 233 Å². The average Bonchev–Trinajstić information content (AvgIpc) is 3.21. The number of nitrogens with zero attached hydrogens (tertiary/aromatic N) is 2. The number of aromatic nitrogens is 2. The molecule has 2 aromatic rings. The SMILES string of the molecule is COc1cc2ncnc(OCC(=O)[C@@]3(O)CCC4C5CCC6=CC(=O)C=CC6(C)C5[C@@H](O)CC43C)c2cc1OC. The van der Waals surface area contributed by atoms with Crippen molar-refractivity contribution in [2.75, 3.05) is 20.8 Å². The number of ether oxygens (including phenoxy) is 3. The van der Waals surface area contributed by atoms with Gasteiger partial charge in [0.2, 0.25) is 11.7 Å². The molecule has 9 heteroatoms. The van der Waals surface area contributed by atoms with Gasteiger partial charge in [0.1, 0.15) is 11.9 Å². The van der Waals surface area contributed by atoms with Crippen molar-refractivity contribution in [3.05, 3.63) is 42.3 Å². The van der Waals surface area contributed by atoms with Gasteiger partial charge in [-0.05, 0) is 62.2 Å². The Balaban J connectivity index is 1.25. The Hall–Kier alpha value is -3.30. The van der Waals surface area contributed by atoms with Crippen molar-refractivity contribution in [3.8, 4) is 17.4 Å². The van der Waals surface area contributed by atoms with Gasteiger partial charge in [-0.2, -0.15) is 0 Å². The quantitative estimate of drug-likeness (QED) is 0.556. The van der Waals surface area contributed by atoms with Gasteiger partial charge in [0.15, 0.2) is 23.9 Å². The van der Waals surface area contributed by atoms with Gasteiger partial charge in [0, 0.05) is 22.8 Å². The first-order chi connectivity index (χ1) is 19.1. The number of benzene rings is 1. The number of carbonyl (C=O) groups is 2. The summed E-state index contributed by atoms with van der Waals surface area (Å²) in [7, 11) is 3.07. The maximum absolute atomic E-state index is 13.8. The maximum Gasteiger partial charge on any atom is 0.225 e. The summed E-state index contributed by atoms with van der Waals surface area (Å²) in [6.45, 7) is 3.70. The summed E-state index contributed by atoms with van der Waals surface area (Å²) >= 11 is 0. The van der Waals surface area contributed by atoms with E-state index in [1.54, 1.807) is 24.3 Å². The van der Waals surface area contributed by atoms with Crippen molar-refractivity contribution in [2.45, 2.75) is 57.7 Å². The third-order valence-electron chi connectivity index (χ3n) is 10.6. The van der Waals surface area contributed by atoms with Gasteiger partial charge in [0.25, 0.3) is 0 Å². The van der Waals surface area contributed by atoms with E-state index in [4.69, 9.17) is 14.2 Å². The highest BCUT2D eigenvalue weighted by molar-refractivity contribution is 6.01. The second-order valence-corrected chi connectivity index (χ2v) is 12.2.